The molecule has 4 aromatic rings. The lowest BCUT2D eigenvalue weighted by Gasteiger charge is -2.10. The van der Waals surface area contributed by atoms with E-state index in [1.165, 1.54) is 6.92 Å². The van der Waals surface area contributed by atoms with Crippen molar-refractivity contribution in [2.24, 2.45) is 0 Å². The highest BCUT2D eigenvalue weighted by Gasteiger charge is 2.29. The average molecular weight is 404 g/mol. The molecule has 5 rings (SSSR count). The van der Waals surface area contributed by atoms with E-state index in [1.54, 1.807) is 17.0 Å². The number of pyridine rings is 1. The van der Waals surface area contributed by atoms with Crippen LogP contribution < -0.4 is 11.0 Å². The molecule has 3 aromatic heterocycles. The van der Waals surface area contributed by atoms with E-state index in [0.29, 0.717) is 25.7 Å². The maximum atomic E-state index is 13.2. The lowest BCUT2D eigenvalue weighted by Crippen LogP contribution is -2.26. The zero-order valence-corrected chi connectivity index (χ0v) is 16.9. The van der Waals surface area contributed by atoms with Crippen LogP contribution in [0.4, 0.5) is 0 Å². The number of imidazole rings is 2. The van der Waals surface area contributed by atoms with Crippen molar-refractivity contribution in [3.8, 4) is 0 Å². The predicted octanol–water partition coefficient (Wildman–Crippen LogP) is 2.46. The van der Waals surface area contributed by atoms with Gasteiger partial charge in [0.2, 0.25) is 5.91 Å². The van der Waals surface area contributed by atoms with Crippen molar-refractivity contribution in [2.75, 3.05) is 6.54 Å². The standard InChI is InChI=1S/C22H24N6O2/c1-15(29)24-10-4-12-26-18-6-3-2-5-17(18)25-21(26)14-27-20-13-23-11-9-19(20)28(22(27)30)16-7-8-16/h2-3,5-6,9,11,13,16H,4,7-8,10,12,14H2,1H3,(H,24,29). The average Bonchev–Trinajstić information content (AvgIpc) is 3.46. The number of nitrogens with one attached hydrogen (secondary N) is 1. The van der Waals surface area contributed by atoms with Crippen LogP contribution in [-0.4, -0.2) is 36.1 Å². The van der Waals surface area contributed by atoms with Crippen LogP contribution in [-0.2, 0) is 17.9 Å². The van der Waals surface area contributed by atoms with Crippen LogP contribution in [0.2, 0.25) is 0 Å². The summed E-state index contributed by atoms with van der Waals surface area (Å²) in [4.78, 5) is 33.5. The van der Waals surface area contributed by atoms with Gasteiger partial charge in [-0.05, 0) is 37.5 Å². The third-order valence-electron chi connectivity index (χ3n) is 5.64. The molecule has 8 heteroatoms. The smallest absolute Gasteiger partial charge is 0.329 e. The summed E-state index contributed by atoms with van der Waals surface area (Å²) in [6.07, 6.45) is 6.38. The number of amides is 1. The first-order chi connectivity index (χ1) is 14.6. The molecular weight excluding hydrogens is 380 g/mol. The first-order valence-electron chi connectivity index (χ1n) is 10.4. The van der Waals surface area contributed by atoms with Crippen molar-refractivity contribution < 1.29 is 4.79 Å². The number of carbonyl (C=O) groups excluding carboxylic acids is 1. The molecule has 1 N–H and O–H groups in total. The molecule has 0 atom stereocenters. The SMILES string of the molecule is CC(=O)NCCCn1c(Cn2c(=O)n(C3CC3)c3ccncc32)nc2ccccc21. The van der Waals surface area contributed by atoms with Crippen molar-refractivity contribution in [1.29, 1.82) is 0 Å². The first-order valence-corrected chi connectivity index (χ1v) is 10.4. The predicted molar refractivity (Wildman–Crippen MR) is 114 cm³/mol. The Morgan fingerprint density at radius 3 is 2.77 bits per heavy atom. The molecule has 1 amide bonds. The highest BCUT2D eigenvalue weighted by molar-refractivity contribution is 5.77. The zero-order chi connectivity index (χ0) is 20.7. The molecule has 0 saturated heterocycles. The summed E-state index contributed by atoms with van der Waals surface area (Å²) in [5.74, 6) is 0.803. The fourth-order valence-electron chi connectivity index (χ4n) is 4.10. The molecule has 30 heavy (non-hydrogen) atoms. The van der Waals surface area contributed by atoms with Gasteiger partial charge in [0.05, 0.1) is 34.8 Å². The van der Waals surface area contributed by atoms with Gasteiger partial charge < -0.3 is 9.88 Å². The molecule has 1 saturated carbocycles. The minimum Gasteiger partial charge on any atom is -0.356 e. The van der Waals surface area contributed by atoms with Crippen molar-refractivity contribution in [3.05, 3.63) is 59.0 Å². The Morgan fingerprint density at radius 1 is 1.13 bits per heavy atom. The molecule has 0 aliphatic heterocycles. The van der Waals surface area contributed by atoms with E-state index >= 15 is 0 Å². The molecule has 1 aliphatic carbocycles. The Morgan fingerprint density at radius 2 is 1.97 bits per heavy atom. The number of benzene rings is 1. The molecule has 0 spiro atoms. The Balaban J connectivity index is 1.54. The molecule has 154 valence electrons. The van der Waals surface area contributed by atoms with Crippen LogP contribution in [0.25, 0.3) is 22.1 Å². The van der Waals surface area contributed by atoms with Gasteiger partial charge in [-0.25, -0.2) is 9.78 Å². The van der Waals surface area contributed by atoms with E-state index in [0.717, 1.165) is 47.2 Å². The van der Waals surface area contributed by atoms with Crippen molar-refractivity contribution in [3.63, 3.8) is 0 Å². The summed E-state index contributed by atoms with van der Waals surface area (Å²) >= 11 is 0. The van der Waals surface area contributed by atoms with Crippen LogP contribution in [0.15, 0.2) is 47.5 Å². The fraction of sp³-hybridized carbons (Fsp3) is 0.364. The molecule has 8 nitrogen and oxygen atoms in total. The number of hydrogen-bond acceptors (Lipinski definition) is 4. The van der Waals surface area contributed by atoms with E-state index in [9.17, 15) is 9.59 Å². The summed E-state index contributed by atoms with van der Waals surface area (Å²) in [5, 5.41) is 2.84. The van der Waals surface area contributed by atoms with Crippen LogP contribution in [0.5, 0.6) is 0 Å². The molecule has 1 aliphatic rings. The second-order valence-corrected chi connectivity index (χ2v) is 7.84. The minimum absolute atomic E-state index is 0.00245. The van der Waals surface area contributed by atoms with Gasteiger partial charge in [0, 0.05) is 32.3 Å². The summed E-state index contributed by atoms with van der Waals surface area (Å²) < 4.78 is 5.84. The van der Waals surface area contributed by atoms with Gasteiger partial charge in [0.25, 0.3) is 0 Å². The third kappa shape index (κ3) is 3.28. The van der Waals surface area contributed by atoms with Gasteiger partial charge in [-0.2, -0.15) is 0 Å². The largest absolute Gasteiger partial charge is 0.356 e. The monoisotopic (exact) mass is 404 g/mol. The second kappa shape index (κ2) is 7.44. The van der Waals surface area contributed by atoms with Gasteiger partial charge in [0.15, 0.2) is 0 Å². The van der Waals surface area contributed by atoms with E-state index < -0.39 is 0 Å². The quantitative estimate of drug-likeness (QED) is 0.480. The van der Waals surface area contributed by atoms with Crippen molar-refractivity contribution >= 4 is 28.0 Å². The highest BCUT2D eigenvalue weighted by atomic mass is 16.2. The van der Waals surface area contributed by atoms with Gasteiger partial charge in [-0.3, -0.25) is 18.9 Å². The maximum absolute atomic E-state index is 13.2. The molecule has 0 radical (unpaired) electrons. The number of hydrogen-bond donors (Lipinski definition) is 1. The summed E-state index contributed by atoms with van der Waals surface area (Å²) in [5.41, 5.74) is 3.71. The van der Waals surface area contributed by atoms with Crippen LogP contribution in [0.1, 0.15) is 38.1 Å². The second-order valence-electron chi connectivity index (χ2n) is 7.84. The summed E-state index contributed by atoms with van der Waals surface area (Å²) in [6.45, 7) is 3.22. The van der Waals surface area contributed by atoms with E-state index in [2.05, 4.69) is 14.9 Å². The lowest BCUT2D eigenvalue weighted by molar-refractivity contribution is -0.118. The Hall–Kier alpha value is -3.42. The number of aromatic nitrogens is 5. The van der Waals surface area contributed by atoms with Gasteiger partial charge in [-0.15, -0.1) is 0 Å². The number of para-hydroxylation sites is 2. The molecule has 0 unspecified atom stereocenters. The van der Waals surface area contributed by atoms with Crippen LogP contribution in [0.3, 0.4) is 0 Å². The topological polar surface area (TPSA) is 86.7 Å². The van der Waals surface area contributed by atoms with Gasteiger partial charge >= 0.3 is 5.69 Å². The number of fused-ring (bicyclic) bond motifs is 2. The van der Waals surface area contributed by atoms with E-state index in [1.807, 2.05) is 34.9 Å². The Bertz CT molecular complexity index is 1290. The van der Waals surface area contributed by atoms with Gasteiger partial charge in [-0.1, -0.05) is 12.1 Å². The highest BCUT2D eigenvalue weighted by Crippen LogP contribution is 2.36. The maximum Gasteiger partial charge on any atom is 0.329 e. The van der Waals surface area contributed by atoms with Crippen molar-refractivity contribution in [1.82, 2.24) is 29.0 Å². The molecule has 1 fully saturated rings. The minimum atomic E-state index is -0.0300. The van der Waals surface area contributed by atoms with Crippen molar-refractivity contribution in [2.45, 2.75) is 45.3 Å². The fourth-order valence-corrected chi connectivity index (χ4v) is 4.10. The van der Waals surface area contributed by atoms with Gasteiger partial charge in [0.1, 0.15) is 5.82 Å². The number of aryl methyl sites for hydroxylation is 1. The lowest BCUT2D eigenvalue weighted by atomic mass is 10.3. The number of rotatable bonds is 7. The Labute approximate surface area is 173 Å². The molecular formula is C22H24N6O2. The summed E-state index contributed by atoms with van der Waals surface area (Å²) in [6, 6.07) is 10.2. The summed E-state index contributed by atoms with van der Waals surface area (Å²) in [7, 11) is 0. The van der Waals surface area contributed by atoms with E-state index in [-0.39, 0.29) is 11.6 Å². The number of carbonyl (C=O) groups is 1. The molecule has 0 bridgehead atoms. The molecule has 3 heterocycles. The first kappa shape index (κ1) is 18.6. The Kier molecular flexibility index (Phi) is 4.61. The van der Waals surface area contributed by atoms with Crippen LogP contribution in [0, 0.1) is 0 Å². The third-order valence-corrected chi connectivity index (χ3v) is 5.64. The zero-order valence-electron chi connectivity index (χ0n) is 16.9. The molecule has 1 aromatic carbocycles. The normalized spacial score (nSPS) is 13.9. The van der Waals surface area contributed by atoms with Crippen LogP contribution >= 0.6 is 0 Å². The number of nitrogens with zero attached hydrogens (tertiary/aromatic N) is 5. The van der Waals surface area contributed by atoms with E-state index in [4.69, 9.17) is 4.98 Å².